The topological polar surface area (TPSA) is 96.4 Å². The number of carbonyl (C=O) groups is 1. The number of carbonyl (C=O) groups excluding carboxylic acids is 1. The molecule has 0 bridgehead atoms. The van der Waals surface area contributed by atoms with E-state index in [1.807, 2.05) is 0 Å². The summed E-state index contributed by atoms with van der Waals surface area (Å²) in [7, 11) is -3.51. The van der Waals surface area contributed by atoms with E-state index in [-0.39, 0.29) is 38.5 Å². The number of nitrogens with zero attached hydrogens (tertiary/aromatic N) is 1. The smallest absolute Gasteiger partial charge is 0.369 e. The Morgan fingerprint density at radius 3 is 2.11 bits per heavy atom. The van der Waals surface area contributed by atoms with E-state index in [4.69, 9.17) is 0 Å². The number of pyridine rings is 1. The molecule has 4 rings (SSSR count). The van der Waals surface area contributed by atoms with Gasteiger partial charge in [-0.25, -0.2) is 8.42 Å². The molecule has 6 nitrogen and oxygen atoms in total. The summed E-state index contributed by atoms with van der Waals surface area (Å²) < 4.78 is 106. The van der Waals surface area contributed by atoms with Gasteiger partial charge in [-0.1, -0.05) is 36.4 Å². The van der Waals surface area contributed by atoms with Crippen LogP contribution >= 0.6 is 0 Å². The van der Waals surface area contributed by atoms with Crippen LogP contribution in [-0.2, 0) is 20.2 Å². The molecule has 1 heterocycles. The van der Waals surface area contributed by atoms with Gasteiger partial charge in [0.15, 0.2) is 9.84 Å². The lowest BCUT2D eigenvalue weighted by Crippen LogP contribution is -2.53. The van der Waals surface area contributed by atoms with Crippen molar-refractivity contribution in [3.05, 3.63) is 95.7 Å². The van der Waals surface area contributed by atoms with E-state index < -0.39 is 39.3 Å². The highest BCUT2D eigenvalue weighted by molar-refractivity contribution is 7.90. The van der Waals surface area contributed by atoms with Gasteiger partial charge in [-0.3, -0.25) is 9.78 Å². The SMILES string of the molecule is CC(C)NC(=O)/C(=C\c1cccc(-c2cc(C(O)(C(F)(F)F)C(F)(F)F)cc3cccnc23)c1)c1ccc(S(C)(=O)=O)cc1. The lowest BCUT2D eigenvalue weighted by atomic mass is 9.87. The number of halogens is 6. The molecule has 0 aliphatic carbocycles. The number of nitrogens with one attached hydrogen (secondary N) is 1. The molecule has 232 valence electrons. The number of alkyl halides is 6. The Hall–Kier alpha value is -4.23. The number of aliphatic hydroxyl groups is 1. The lowest BCUT2D eigenvalue weighted by Gasteiger charge is -2.33. The van der Waals surface area contributed by atoms with Gasteiger partial charge >= 0.3 is 12.4 Å². The van der Waals surface area contributed by atoms with Gasteiger partial charge in [-0.05, 0) is 73.0 Å². The molecule has 0 aliphatic heterocycles. The highest BCUT2D eigenvalue weighted by atomic mass is 32.2. The number of sulfone groups is 1. The van der Waals surface area contributed by atoms with Crippen molar-refractivity contribution in [1.82, 2.24) is 10.3 Å². The molecule has 3 aromatic carbocycles. The second-order valence-electron chi connectivity index (χ2n) is 10.4. The van der Waals surface area contributed by atoms with Crippen LogP contribution in [0.15, 0.2) is 83.9 Å². The Bertz CT molecular complexity index is 1830. The normalized spacial score (nSPS) is 13.4. The van der Waals surface area contributed by atoms with Crippen molar-refractivity contribution >= 4 is 38.3 Å². The summed E-state index contributed by atoms with van der Waals surface area (Å²) >= 11 is 0. The van der Waals surface area contributed by atoms with Crippen molar-refractivity contribution in [3.8, 4) is 11.1 Å². The first-order valence-electron chi connectivity index (χ1n) is 13.0. The predicted molar refractivity (Wildman–Crippen MR) is 154 cm³/mol. The Balaban J connectivity index is 1.92. The summed E-state index contributed by atoms with van der Waals surface area (Å²) in [6.07, 6.45) is -8.36. The number of fused-ring (bicyclic) bond motifs is 1. The van der Waals surface area contributed by atoms with E-state index in [1.54, 1.807) is 19.9 Å². The Morgan fingerprint density at radius 2 is 1.55 bits per heavy atom. The molecule has 0 fully saturated rings. The molecule has 4 aromatic rings. The summed E-state index contributed by atoms with van der Waals surface area (Å²) in [5.74, 6) is -0.507. The Labute approximate surface area is 249 Å². The highest BCUT2D eigenvalue weighted by Crippen LogP contribution is 2.51. The standard InChI is InChI=1S/C31H26F6N2O4S/c1-18(2)39-28(40)26(20-9-11-24(12-10-20)44(3,42)43)15-19-6-4-7-21(14-19)25-17-23(16-22-8-5-13-38-27(22)25)29(41,30(32,33)34)31(35,36)37/h4-18,41H,1-3H3,(H,39,40)/b26-15-. The zero-order valence-corrected chi connectivity index (χ0v) is 24.3. The monoisotopic (exact) mass is 636 g/mol. The molecule has 0 radical (unpaired) electrons. The van der Waals surface area contributed by atoms with Crippen LogP contribution < -0.4 is 5.32 Å². The quantitative estimate of drug-likeness (QED) is 0.134. The summed E-state index contributed by atoms with van der Waals surface area (Å²) in [4.78, 5) is 17.4. The van der Waals surface area contributed by atoms with Crippen LogP contribution in [0.5, 0.6) is 0 Å². The highest BCUT2D eigenvalue weighted by Gasteiger charge is 2.71. The first-order valence-corrected chi connectivity index (χ1v) is 14.9. The van der Waals surface area contributed by atoms with Crippen molar-refractivity contribution in [1.29, 1.82) is 0 Å². The van der Waals surface area contributed by atoms with E-state index in [9.17, 15) is 44.7 Å². The van der Waals surface area contributed by atoms with Crippen molar-refractivity contribution in [2.75, 3.05) is 6.26 Å². The molecule has 0 atom stereocenters. The number of hydrogen-bond donors (Lipinski definition) is 2. The molecule has 44 heavy (non-hydrogen) atoms. The third kappa shape index (κ3) is 6.48. The van der Waals surface area contributed by atoms with Gasteiger partial charge in [0.2, 0.25) is 0 Å². The molecule has 0 saturated carbocycles. The van der Waals surface area contributed by atoms with Gasteiger partial charge in [-0.2, -0.15) is 26.3 Å². The maximum absolute atomic E-state index is 13.8. The lowest BCUT2D eigenvalue weighted by molar-refractivity contribution is -0.376. The van der Waals surface area contributed by atoms with Crippen molar-refractivity contribution in [2.24, 2.45) is 0 Å². The summed E-state index contributed by atoms with van der Waals surface area (Å²) in [6, 6.07) is 15.1. The zero-order chi connectivity index (χ0) is 32.7. The molecule has 0 saturated heterocycles. The van der Waals surface area contributed by atoms with Crippen LogP contribution in [0.2, 0.25) is 0 Å². The van der Waals surface area contributed by atoms with Crippen LogP contribution in [0.3, 0.4) is 0 Å². The van der Waals surface area contributed by atoms with E-state index in [0.717, 1.165) is 6.26 Å². The second kappa shape index (κ2) is 11.7. The molecule has 1 amide bonds. The minimum atomic E-state index is -6.09. The third-order valence-electron chi connectivity index (χ3n) is 6.71. The number of benzene rings is 3. The van der Waals surface area contributed by atoms with Gasteiger partial charge in [0.25, 0.3) is 11.5 Å². The fourth-order valence-electron chi connectivity index (χ4n) is 4.57. The maximum Gasteiger partial charge on any atom is 0.430 e. The molecule has 0 spiro atoms. The molecule has 0 aliphatic rings. The van der Waals surface area contributed by atoms with Crippen LogP contribution in [0, 0.1) is 0 Å². The Kier molecular flexibility index (Phi) is 8.69. The third-order valence-corrected chi connectivity index (χ3v) is 7.84. The summed E-state index contributed by atoms with van der Waals surface area (Å²) in [6.45, 7) is 3.47. The average Bonchev–Trinajstić information content (AvgIpc) is 2.93. The average molecular weight is 637 g/mol. The van der Waals surface area contributed by atoms with Gasteiger partial charge in [0, 0.05) is 40.6 Å². The molecule has 2 N–H and O–H groups in total. The fraction of sp³-hybridized carbons (Fsp3) is 0.226. The number of amides is 1. The van der Waals surface area contributed by atoms with Crippen LogP contribution in [0.25, 0.3) is 33.7 Å². The summed E-state index contributed by atoms with van der Waals surface area (Å²) in [5.41, 5.74) is -5.64. The van der Waals surface area contributed by atoms with Gasteiger partial charge in [0.1, 0.15) is 0 Å². The fourth-order valence-corrected chi connectivity index (χ4v) is 5.20. The summed E-state index contributed by atoms with van der Waals surface area (Å²) in [5, 5.41) is 12.8. The molecule has 13 heteroatoms. The van der Waals surface area contributed by atoms with E-state index >= 15 is 0 Å². The predicted octanol–water partition coefficient (Wildman–Crippen LogP) is 6.68. The van der Waals surface area contributed by atoms with E-state index in [0.29, 0.717) is 23.3 Å². The zero-order valence-electron chi connectivity index (χ0n) is 23.5. The van der Waals surface area contributed by atoms with Gasteiger partial charge in [0.05, 0.1) is 10.4 Å². The van der Waals surface area contributed by atoms with E-state index in [1.165, 1.54) is 66.9 Å². The first kappa shape index (κ1) is 32.7. The van der Waals surface area contributed by atoms with Gasteiger partial charge in [-0.15, -0.1) is 0 Å². The maximum atomic E-state index is 13.8. The van der Waals surface area contributed by atoms with Gasteiger partial charge < -0.3 is 10.4 Å². The number of rotatable bonds is 7. The minimum Gasteiger partial charge on any atom is -0.369 e. The largest absolute Gasteiger partial charge is 0.430 e. The van der Waals surface area contributed by atoms with E-state index in [2.05, 4.69) is 10.3 Å². The second-order valence-corrected chi connectivity index (χ2v) is 12.4. The van der Waals surface area contributed by atoms with Crippen molar-refractivity contribution in [3.63, 3.8) is 0 Å². The van der Waals surface area contributed by atoms with Crippen molar-refractivity contribution in [2.45, 2.75) is 42.7 Å². The number of hydrogen-bond acceptors (Lipinski definition) is 5. The molecule has 0 unspecified atom stereocenters. The van der Waals surface area contributed by atoms with Crippen LogP contribution in [-0.4, -0.2) is 49.1 Å². The molecular weight excluding hydrogens is 610 g/mol. The van der Waals surface area contributed by atoms with Crippen LogP contribution in [0.4, 0.5) is 26.3 Å². The minimum absolute atomic E-state index is 0.0313. The molecular formula is C31H26F6N2O4S. The number of aromatic nitrogens is 1. The first-order chi connectivity index (χ1) is 20.3. The van der Waals surface area contributed by atoms with Crippen LogP contribution in [0.1, 0.15) is 30.5 Å². The molecule has 1 aromatic heterocycles. The Morgan fingerprint density at radius 1 is 0.909 bits per heavy atom. The van der Waals surface area contributed by atoms with Crippen molar-refractivity contribution < 1.29 is 44.7 Å².